The van der Waals surface area contributed by atoms with Crippen molar-refractivity contribution in [1.29, 1.82) is 0 Å². The van der Waals surface area contributed by atoms with E-state index in [0.717, 1.165) is 16.8 Å². The lowest BCUT2D eigenvalue weighted by Crippen LogP contribution is -2.29. The Morgan fingerprint density at radius 3 is 2.65 bits per heavy atom. The summed E-state index contributed by atoms with van der Waals surface area (Å²) in [7, 11) is 0. The number of thioether (sulfide) groups is 1. The van der Waals surface area contributed by atoms with Crippen LogP contribution in [0.25, 0.3) is 0 Å². The maximum absolute atomic E-state index is 12.7. The topological polar surface area (TPSA) is 88.9 Å². The molecule has 2 N–H and O–H groups in total. The van der Waals surface area contributed by atoms with Crippen molar-refractivity contribution in [3.63, 3.8) is 0 Å². The number of rotatable bonds is 9. The molecule has 2 amide bonds. The molecule has 0 saturated carbocycles. The number of hydrogen-bond acceptors (Lipinski definition) is 5. The van der Waals surface area contributed by atoms with Crippen LogP contribution < -0.4 is 10.6 Å². The summed E-state index contributed by atoms with van der Waals surface area (Å²) >= 11 is 13.3. The number of anilines is 1. The monoisotopic (exact) mass is 517 g/mol. The Balaban J connectivity index is 1.69. The molecule has 3 rings (SSSR count). The number of nitrogens with one attached hydrogen (secondary N) is 2. The van der Waals surface area contributed by atoms with Crippen LogP contribution in [0.3, 0.4) is 0 Å². The number of amides is 2. The lowest BCUT2D eigenvalue weighted by Gasteiger charge is -2.16. The maximum atomic E-state index is 12.7. The fraction of sp³-hybridized carbons (Fsp3) is 0.250. The number of hydrogen-bond donors (Lipinski definition) is 2. The molecule has 0 spiro atoms. The fourth-order valence-electron chi connectivity index (χ4n) is 3.23. The van der Waals surface area contributed by atoms with Crippen LogP contribution >= 0.6 is 35.0 Å². The summed E-state index contributed by atoms with van der Waals surface area (Å²) < 4.78 is 1.82. The second-order valence-electron chi connectivity index (χ2n) is 7.71. The highest BCUT2D eigenvalue weighted by molar-refractivity contribution is 7.99. The summed E-state index contributed by atoms with van der Waals surface area (Å²) in [5.41, 5.74) is 3.16. The number of allylic oxidation sites excluding steroid dienone is 1. The van der Waals surface area contributed by atoms with Crippen molar-refractivity contribution in [2.24, 2.45) is 0 Å². The molecule has 0 bridgehead atoms. The summed E-state index contributed by atoms with van der Waals surface area (Å²) in [6.45, 7) is 9.94. The molecule has 0 fully saturated rings. The molecule has 1 atom stereocenters. The molecule has 1 aromatic heterocycles. The van der Waals surface area contributed by atoms with Gasteiger partial charge in [0.15, 0.2) is 11.0 Å². The van der Waals surface area contributed by atoms with Gasteiger partial charge in [0, 0.05) is 17.3 Å². The number of aryl methyl sites for hydroxylation is 2. The first kappa shape index (κ1) is 25.8. The molecular formula is C24H25Cl2N5O2S. The van der Waals surface area contributed by atoms with Gasteiger partial charge in [-0.3, -0.25) is 9.59 Å². The predicted molar refractivity (Wildman–Crippen MR) is 138 cm³/mol. The molecule has 34 heavy (non-hydrogen) atoms. The molecule has 0 saturated heterocycles. The van der Waals surface area contributed by atoms with Gasteiger partial charge in [-0.15, -0.1) is 16.8 Å². The Hall–Kier alpha value is -2.81. The Bertz CT molecular complexity index is 1230. The van der Waals surface area contributed by atoms with E-state index in [-0.39, 0.29) is 22.6 Å². The average molecular weight is 518 g/mol. The van der Waals surface area contributed by atoms with Gasteiger partial charge in [0.2, 0.25) is 5.91 Å². The Labute approximate surface area is 212 Å². The van der Waals surface area contributed by atoms with Crippen LogP contribution in [-0.2, 0) is 11.3 Å². The molecule has 10 heteroatoms. The van der Waals surface area contributed by atoms with Crippen LogP contribution in [0.5, 0.6) is 0 Å². The van der Waals surface area contributed by atoms with E-state index in [1.54, 1.807) is 25.1 Å². The summed E-state index contributed by atoms with van der Waals surface area (Å²) in [6.07, 6.45) is 1.71. The normalized spacial score (nSPS) is 11.7. The number of carbonyl (C=O) groups excluding carboxylic acids is 2. The molecule has 3 aromatic rings. The van der Waals surface area contributed by atoms with Crippen molar-refractivity contribution in [3.8, 4) is 0 Å². The molecule has 178 valence electrons. The van der Waals surface area contributed by atoms with E-state index in [0.29, 0.717) is 28.1 Å². The zero-order chi connectivity index (χ0) is 24.8. The van der Waals surface area contributed by atoms with Gasteiger partial charge in [0.1, 0.15) is 0 Å². The Kier molecular flexibility index (Phi) is 8.77. The third-order valence-corrected chi connectivity index (χ3v) is 6.48. The van der Waals surface area contributed by atoms with Crippen molar-refractivity contribution in [2.75, 3.05) is 11.1 Å². The van der Waals surface area contributed by atoms with E-state index < -0.39 is 6.04 Å². The Morgan fingerprint density at radius 1 is 1.18 bits per heavy atom. The van der Waals surface area contributed by atoms with Gasteiger partial charge in [0.25, 0.3) is 5.91 Å². The summed E-state index contributed by atoms with van der Waals surface area (Å²) in [5, 5.41) is 15.6. The van der Waals surface area contributed by atoms with Crippen LogP contribution in [0.2, 0.25) is 10.0 Å². The quantitative estimate of drug-likeness (QED) is 0.284. The Morgan fingerprint density at radius 2 is 1.94 bits per heavy atom. The highest BCUT2D eigenvalue weighted by Gasteiger charge is 2.21. The van der Waals surface area contributed by atoms with E-state index in [4.69, 9.17) is 23.2 Å². The molecule has 1 heterocycles. The molecule has 2 aromatic carbocycles. The second kappa shape index (κ2) is 11.6. The first-order valence-corrected chi connectivity index (χ1v) is 12.2. The number of benzene rings is 2. The van der Waals surface area contributed by atoms with E-state index in [1.165, 1.54) is 17.8 Å². The van der Waals surface area contributed by atoms with Crippen LogP contribution in [0.4, 0.5) is 5.69 Å². The van der Waals surface area contributed by atoms with Crippen LogP contribution in [0, 0.1) is 13.8 Å². The third-order valence-electron chi connectivity index (χ3n) is 4.97. The van der Waals surface area contributed by atoms with Gasteiger partial charge in [-0.2, -0.15) is 0 Å². The molecule has 0 aliphatic heterocycles. The molecule has 0 unspecified atom stereocenters. The van der Waals surface area contributed by atoms with Crippen molar-refractivity contribution < 1.29 is 9.59 Å². The van der Waals surface area contributed by atoms with Gasteiger partial charge >= 0.3 is 0 Å². The summed E-state index contributed by atoms with van der Waals surface area (Å²) in [5.74, 6) is 0.191. The summed E-state index contributed by atoms with van der Waals surface area (Å²) in [6, 6.07) is 10.1. The molecular weight excluding hydrogens is 493 g/mol. The van der Waals surface area contributed by atoms with Crippen molar-refractivity contribution in [2.45, 2.75) is 38.5 Å². The zero-order valence-corrected chi connectivity index (χ0v) is 21.4. The van der Waals surface area contributed by atoms with Crippen molar-refractivity contribution in [1.82, 2.24) is 20.1 Å². The lowest BCUT2D eigenvalue weighted by atomic mass is 10.1. The van der Waals surface area contributed by atoms with Crippen LogP contribution in [0.15, 0.2) is 54.2 Å². The van der Waals surface area contributed by atoms with E-state index in [9.17, 15) is 9.59 Å². The second-order valence-corrected chi connectivity index (χ2v) is 9.50. The highest BCUT2D eigenvalue weighted by atomic mass is 35.5. The SMILES string of the molecule is C=CCn1c(SCC(=O)Nc2cc(C)ccc2C)nnc1[C@@H](C)NC(=O)c1ccc(Cl)cc1Cl. The largest absolute Gasteiger partial charge is 0.342 e. The minimum atomic E-state index is -0.468. The van der Waals surface area contributed by atoms with Crippen molar-refractivity contribution >= 4 is 52.5 Å². The van der Waals surface area contributed by atoms with Crippen LogP contribution in [0.1, 0.15) is 40.3 Å². The summed E-state index contributed by atoms with van der Waals surface area (Å²) in [4.78, 5) is 25.2. The molecule has 0 radical (unpaired) electrons. The van der Waals surface area contributed by atoms with Gasteiger partial charge in [-0.05, 0) is 56.2 Å². The number of carbonyl (C=O) groups is 2. The third kappa shape index (κ3) is 6.40. The fourth-order valence-corrected chi connectivity index (χ4v) is 4.48. The standard InChI is InChI=1S/C24H25Cl2N5O2S/c1-5-10-31-22(16(4)27-23(33)18-9-8-17(25)12-19(18)26)29-30-24(31)34-13-21(32)28-20-11-14(2)6-7-15(20)3/h5-9,11-12,16H,1,10,13H2,2-4H3,(H,27,33)(H,28,32)/t16-/m1/s1. The molecule has 7 nitrogen and oxygen atoms in total. The smallest absolute Gasteiger partial charge is 0.253 e. The first-order chi connectivity index (χ1) is 16.2. The van der Waals surface area contributed by atoms with E-state index >= 15 is 0 Å². The number of halogens is 2. The lowest BCUT2D eigenvalue weighted by molar-refractivity contribution is -0.113. The van der Waals surface area contributed by atoms with Gasteiger partial charge in [-0.25, -0.2) is 0 Å². The van der Waals surface area contributed by atoms with E-state index in [1.807, 2.05) is 36.6 Å². The number of nitrogens with zero attached hydrogens (tertiary/aromatic N) is 3. The van der Waals surface area contributed by atoms with Gasteiger partial charge < -0.3 is 15.2 Å². The number of aromatic nitrogens is 3. The minimum Gasteiger partial charge on any atom is -0.342 e. The first-order valence-electron chi connectivity index (χ1n) is 10.5. The maximum Gasteiger partial charge on any atom is 0.253 e. The van der Waals surface area contributed by atoms with Crippen LogP contribution in [-0.4, -0.2) is 32.3 Å². The zero-order valence-electron chi connectivity index (χ0n) is 19.1. The van der Waals surface area contributed by atoms with Gasteiger partial charge in [0.05, 0.1) is 22.4 Å². The van der Waals surface area contributed by atoms with Gasteiger partial charge in [-0.1, -0.05) is 53.2 Å². The average Bonchev–Trinajstić information content (AvgIpc) is 3.17. The predicted octanol–water partition coefficient (Wildman–Crippen LogP) is 5.61. The van der Waals surface area contributed by atoms with Crippen molar-refractivity contribution in [3.05, 3.63) is 81.6 Å². The molecule has 0 aliphatic carbocycles. The minimum absolute atomic E-state index is 0.146. The molecule has 0 aliphatic rings. The highest BCUT2D eigenvalue weighted by Crippen LogP contribution is 2.24. The van der Waals surface area contributed by atoms with E-state index in [2.05, 4.69) is 27.4 Å².